The van der Waals surface area contributed by atoms with Gasteiger partial charge < -0.3 is 19.7 Å². The van der Waals surface area contributed by atoms with Crippen LogP contribution in [0.15, 0.2) is 133 Å². The molecule has 10 heteroatoms. The van der Waals surface area contributed by atoms with Gasteiger partial charge in [-0.25, -0.2) is 19.6 Å². The van der Waals surface area contributed by atoms with Crippen molar-refractivity contribution in [2.24, 2.45) is 0 Å². The minimum absolute atomic E-state index is 0.201. The molecule has 68 heavy (non-hydrogen) atoms. The van der Waals surface area contributed by atoms with Crippen LogP contribution in [0.3, 0.4) is 0 Å². The average molecular weight is 935 g/mol. The standard InChI is InChI=1S/2C29H25NO3S/c2*1-16-9-12-20(13-10-16)19(4)33-24-14-11-17(2)27-26(24)22(29(31)32)15-23(30-27)28-18(3)21-7-5-6-8-25(21)34-28/h2*5-15,19H,1-4H3,(H,31,32)/t19-;/m0./s1. The molecule has 2 atom stereocenters. The highest BCUT2D eigenvalue weighted by Crippen LogP contribution is 2.43. The minimum Gasteiger partial charge on any atom is -0.485 e. The Morgan fingerprint density at radius 3 is 1.22 bits per heavy atom. The maximum Gasteiger partial charge on any atom is 0.336 e. The number of fused-ring (bicyclic) bond motifs is 4. The normalized spacial score (nSPS) is 12.2. The lowest BCUT2D eigenvalue weighted by Gasteiger charge is -2.19. The van der Waals surface area contributed by atoms with Crippen molar-refractivity contribution in [2.75, 3.05) is 0 Å². The predicted octanol–water partition coefficient (Wildman–Crippen LogP) is 15.8. The minimum atomic E-state index is -0.995. The third-order valence-electron chi connectivity index (χ3n) is 12.6. The lowest BCUT2D eigenvalue weighted by atomic mass is 10.0. The first-order chi connectivity index (χ1) is 32.7. The number of thiophene rings is 2. The summed E-state index contributed by atoms with van der Waals surface area (Å²) >= 11 is 3.28. The molecule has 10 aromatic rings. The molecule has 0 aliphatic heterocycles. The summed E-state index contributed by atoms with van der Waals surface area (Å²) in [5, 5.41) is 23.8. The first-order valence-electron chi connectivity index (χ1n) is 22.5. The molecule has 0 saturated carbocycles. The number of ether oxygens (including phenoxy) is 2. The largest absolute Gasteiger partial charge is 0.485 e. The Kier molecular flexibility index (Phi) is 12.6. The second-order valence-corrected chi connectivity index (χ2v) is 19.5. The van der Waals surface area contributed by atoms with Crippen LogP contribution < -0.4 is 9.47 Å². The van der Waals surface area contributed by atoms with Crippen LogP contribution in [-0.2, 0) is 0 Å². The monoisotopic (exact) mass is 934 g/mol. The van der Waals surface area contributed by atoms with E-state index in [0.717, 1.165) is 52.5 Å². The third kappa shape index (κ3) is 8.80. The van der Waals surface area contributed by atoms with Gasteiger partial charge in [-0.3, -0.25) is 0 Å². The number of carboxylic acid groups (broad SMARTS) is 2. The van der Waals surface area contributed by atoms with Gasteiger partial charge in [0, 0.05) is 9.40 Å². The summed E-state index contributed by atoms with van der Waals surface area (Å²) in [5.74, 6) is -0.937. The number of hydrogen-bond donors (Lipinski definition) is 2. The van der Waals surface area contributed by atoms with Crippen molar-refractivity contribution in [1.82, 2.24) is 9.97 Å². The zero-order valence-electron chi connectivity index (χ0n) is 39.1. The number of nitrogens with zero attached hydrogens (tertiary/aromatic N) is 2. The molecule has 0 saturated heterocycles. The Hall–Kier alpha value is -7.40. The fourth-order valence-electron chi connectivity index (χ4n) is 8.68. The number of carboxylic acids is 2. The molecule has 1 unspecified atom stereocenters. The van der Waals surface area contributed by atoms with Gasteiger partial charge in [-0.2, -0.15) is 0 Å². The molecule has 6 aromatic carbocycles. The number of benzene rings is 6. The molecular formula is C58H50N2O6S2. The van der Waals surface area contributed by atoms with Gasteiger partial charge in [0.25, 0.3) is 0 Å². The molecule has 0 spiro atoms. The Morgan fingerprint density at radius 2 is 0.868 bits per heavy atom. The molecule has 0 radical (unpaired) electrons. The molecule has 8 nitrogen and oxygen atoms in total. The number of carbonyl (C=O) groups is 2. The van der Waals surface area contributed by atoms with Crippen molar-refractivity contribution >= 4 is 76.6 Å². The summed E-state index contributed by atoms with van der Waals surface area (Å²) in [6.45, 7) is 16.1. The summed E-state index contributed by atoms with van der Waals surface area (Å²) in [6.07, 6.45) is -0.477. The van der Waals surface area contributed by atoms with Gasteiger partial charge in [0.15, 0.2) is 0 Å². The van der Waals surface area contributed by atoms with Gasteiger partial charge in [-0.15, -0.1) is 22.7 Å². The van der Waals surface area contributed by atoms with Crippen molar-refractivity contribution in [3.8, 4) is 32.6 Å². The van der Waals surface area contributed by atoms with Gasteiger partial charge in [-0.05, 0) is 136 Å². The highest BCUT2D eigenvalue weighted by Gasteiger charge is 2.24. The van der Waals surface area contributed by atoms with Crippen LogP contribution in [0.1, 0.15) is 91.3 Å². The summed E-state index contributed by atoms with van der Waals surface area (Å²) < 4.78 is 15.0. The Balaban J connectivity index is 0.000000170. The second kappa shape index (κ2) is 18.7. The van der Waals surface area contributed by atoms with Crippen molar-refractivity contribution in [3.63, 3.8) is 0 Å². The fourth-order valence-corrected chi connectivity index (χ4v) is 11.0. The maximum absolute atomic E-state index is 12.4. The Labute approximate surface area is 403 Å². The van der Waals surface area contributed by atoms with E-state index in [1.54, 1.807) is 34.8 Å². The second-order valence-electron chi connectivity index (χ2n) is 17.4. The van der Waals surface area contributed by atoms with Gasteiger partial charge in [-0.1, -0.05) is 108 Å². The third-order valence-corrected chi connectivity index (χ3v) is 15.2. The summed E-state index contributed by atoms with van der Waals surface area (Å²) in [5.41, 5.74) is 11.5. The Bertz CT molecular complexity index is 3340. The fraction of sp³-hybridized carbons (Fsp3) is 0.172. The van der Waals surface area contributed by atoms with E-state index in [1.165, 1.54) is 21.9 Å². The number of pyridine rings is 2. The summed E-state index contributed by atoms with van der Waals surface area (Å²) in [7, 11) is 0. The number of rotatable bonds is 10. The van der Waals surface area contributed by atoms with E-state index in [9.17, 15) is 19.8 Å². The molecule has 4 aromatic heterocycles. The van der Waals surface area contributed by atoms with E-state index in [-0.39, 0.29) is 23.3 Å². The van der Waals surface area contributed by atoms with Crippen LogP contribution in [0.4, 0.5) is 0 Å². The number of aromatic carboxylic acids is 2. The van der Waals surface area contributed by atoms with Crippen LogP contribution in [0.2, 0.25) is 0 Å². The van der Waals surface area contributed by atoms with Crippen LogP contribution in [0.25, 0.3) is 63.1 Å². The number of aromatic nitrogens is 2. The first-order valence-corrected chi connectivity index (χ1v) is 24.1. The zero-order chi connectivity index (χ0) is 48.0. The van der Waals surface area contributed by atoms with Gasteiger partial charge in [0.2, 0.25) is 0 Å². The topological polar surface area (TPSA) is 119 Å². The molecule has 340 valence electrons. The van der Waals surface area contributed by atoms with E-state index in [1.807, 2.05) is 139 Å². The first kappa shape index (κ1) is 45.7. The summed E-state index contributed by atoms with van der Waals surface area (Å²) in [6, 6.07) is 43.7. The van der Waals surface area contributed by atoms with Crippen molar-refractivity contribution in [3.05, 3.63) is 189 Å². The van der Waals surface area contributed by atoms with Crippen LogP contribution in [-0.4, -0.2) is 32.1 Å². The molecule has 0 aliphatic rings. The van der Waals surface area contributed by atoms with E-state index in [0.29, 0.717) is 44.7 Å². The van der Waals surface area contributed by atoms with E-state index in [2.05, 4.69) is 38.1 Å². The highest BCUT2D eigenvalue weighted by atomic mass is 32.1. The van der Waals surface area contributed by atoms with E-state index < -0.39 is 11.9 Å². The summed E-state index contributed by atoms with van der Waals surface area (Å²) in [4.78, 5) is 36.8. The van der Waals surface area contributed by atoms with Crippen molar-refractivity contribution < 1.29 is 29.3 Å². The molecule has 0 amide bonds. The lowest BCUT2D eigenvalue weighted by molar-refractivity contribution is 0.0688. The van der Waals surface area contributed by atoms with Gasteiger partial charge in [0.05, 0.1) is 54.1 Å². The lowest BCUT2D eigenvalue weighted by Crippen LogP contribution is -2.07. The van der Waals surface area contributed by atoms with Crippen LogP contribution in [0.5, 0.6) is 11.5 Å². The van der Waals surface area contributed by atoms with Crippen LogP contribution >= 0.6 is 22.7 Å². The van der Waals surface area contributed by atoms with E-state index >= 15 is 0 Å². The van der Waals surface area contributed by atoms with Crippen molar-refractivity contribution in [1.29, 1.82) is 0 Å². The van der Waals surface area contributed by atoms with Gasteiger partial charge >= 0.3 is 11.9 Å². The molecule has 0 fully saturated rings. The molecule has 10 rings (SSSR count). The molecule has 0 bridgehead atoms. The average Bonchev–Trinajstić information content (AvgIpc) is 3.86. The number of hydrogen-bond acceptors (Lipinski definition) is 8. The SMILES string of the molecule is Cc1ccc(C(C)Oc2ccc(C)c3nc(-c4sc5ccccc5c4C)cc(C(=O)O)c23)cc1.Cc1ccc([C@H](C)Oc2ccc(C)c3nc(-c4sc5ccccc5c4C)cc(C(=O)O)c23)cc1. The quantitative estimate of drug-likeness (QED) is 0.139. The Morgan fingerprint density at radius 1 is 0.500 bits per heavy atom. The predicted molar refractivity (Wildman–Crippen MR) is 278 cm³/mol. The molecule has 4 heterocycles. The smallest absolute Gasteiger partial charge is 0.336 e. The maximum atomic E-state index is 12.4. The zero-order valence-corrected chi connectivity index (χ0v) is 40.7. The van der Waals surface area contributed by atoms with Crippen molar-refractivity contribution in [2.45, 2.75) is 67.6 Å². The highest BCUT2D eigenvalue weighted by molar-refractivity contribution is 7.22. The molecular weight excluding hydrogens is 885 g/mol. The van der Waals surface area contributed by atoms with E-state index in [4.69, 9.17) is 19.4 Å². The van der Waals surface area contributed by atoms with Crippen LogP contribution in [0, 0.1) is 41.5 Å². The number of aryl methyl sites for hydroxylation is 6. The molecule has 2 N–H and O–H groups in total. The van der Waals surface area contributed by atoms with Gasteiger partial charge in [0.1, 0.15) is 23.7 Å². The molecule has 0 aliphatic carbocycles.